The fraction of sp³-hybridized carbons (Fsp3) is 0.438. The second kappa shape index (κ2) is 6.88. The van der Waals surface area contributed by atoms with Crippen molar-refractivity contribution < 1.29 is 9.32 Å². The summed E-state index contributed by atoms with van der Waals surface area (Å²) in [5.74, 6) is 0.434. The molecule has 9 nitrogen and oxygen atoms in total. The van der Waals surface area contributed by atoms with E-state index in [0.29, 0.717) is 11.7 Å². The molecule has 134 valence electrons. The van der Waals surface area contributed by atoms with Gasteiger partial charge in [-0.2, -0.15) is 4.98 Å². The van der Waals surface area contributed by atoms with Crippen molar-refractivity contribution in [2.24, 2.45) is 14.1 Å². The number of hydrogen-bond acceptors (Lipinski definition) is 6. The average Bonchev–Trinajstić information content (AvgIpc) is 3.02. The quantitative estimate of drug-likeness (QED) is 0.785. The first-order chi connectivity index (χ1) is 11.6. The molecule has 25 heavy (non-hydrogen) atoms. The van der Waals surface area contributed by atoms with Crippen molar-refractivity contribution in [3.8, 4) is 0 Å². The van der Waals surface area contributed by atoms with Crippen LogP contribution in [-0.4, -0.2) is 25.2 Å². The van der Waals surface area contributed by atoms with Gasteiger partial charge in [-0.25, -0.2) is 4.79 Å². The third kappa shape index (κ3) is 4.31. The molecule has 0 saturated heterocycles. The standard InChI is InChI=1S/C16H21N5O4/c1-16(2,3)14-18-11(19-25-14)8-17-12(22)7-6-10-9-20(4)15(24)21(5)13(10)23/h6-7,9H,8H2,1-5H3,(H,17,22)/b7-6-. The highest BCUT2D eigenvalue weighted by atomic mass is 16.5. The molecule has 2 heterocycles. The lowest BCUT2D eigenvalue weighted by Crippen LogP contribution is -2.37. The highest BCUT2D eigenvalue weighted by Gasteiger charge is 2.21. The van der Waals surface area contributed by atoms with Crippen LogP contribution in [0, 0.1) is 0 Å². The van der Waals surface area contributed by atoms with E-state index in [1.54, 1.807) is 0 Å². The molecule has 0 radical (unpaired) electrons. The molecule has 2 aromatic rings. The van der Waals surface area contributed by atoms with Crippen LogP contribution in [0.4, 0.5) is 0 Å². The average molecular weight is 347 g/mol. The van der Waals surface area contributed by atoms with Gasteiger partial charge in [-0.1, -0.05) is 25.9 Å². The molecule has 0 atom stereocenters. The van der Waals surface area contributed by atoms with E-state index < -0.39 is 17.2 Å². The molecule has 1 N–H and O–H groups in total. The first kappa shape index (κ1) is 18.4. The number of rotatable bonds is 4. The van der Waals surface area contributed by atoms with Gasteiger partial charge < -0.3 is 14.4 Å². The van der Waals surface area contributed by atoms with Gasteiger partial charge in [0.1, 0.15) is 0 Å². The Bertz CT molecular complexity index is 927. The first-order valence-corrected chi connectivity index (χ1v) is 7.65. The van der Waals surface area contributed by atoms with E-state index in [1.165, 1.54) is 37.0 Å². The van der Waals surface area contributed by atoms with Crippen LogP contribution in [0.1, 0.15) is 38.0 Å². The number of nitrogens with one attached hydrogen (secondary N) is 1. The van der Waals surface area contributed by atoms with Crippen LogP contribution in [-0.2, 0) is 30.8 Å². The molecule has 0 aliphatic rings. The maximum atomic E-state index is 12.0. The summed E-state index contributed by atoms with van der Waals surface area (Å²) >= 11 is 0. The minimum atomic E-state index is -0.472. The molecule has 2 rings (SSSR count). The number of carbonyl (C=O) groups is 1. The molecule has 0 aliphatic carbocycles. The third-order valence-corrected chi connectivity index (χ3v) is 3.42. The Hall–Kier alpha value is -2.97. The number of aromatic nitrogens is 4. The van der Waals surface area contributed by atoms with Gasteiger partial charge in [-0.3, -0.25) is 14.2 Å². The maximum absolute atomic E-state index is 12.0. The monoisotopic (exact) mass is 347 g/mol. The minimum Gasteiger partial charge on any atom is -0.345 e. The van der Waals surface area contributed by atoms with E-state index >= 15 is 0 Å². The summed E-state index contributed by atoms with van der Waals surface area (Å²) in [6.45, 7) is 5.94. The van der Waals surface area contributed by atoms with Crippen molar-refractivity contribution in [1.29, 1.82) is 0 Å². The predicted molar refractivity (Wildman–Crippen MR) is 90.8 cm³/mol. The van der Waals surface area contributed by atoms with Crippen LogP contribution in [0.15, 0.2) is 26.4 Å². The molecule has 0 bridgehead atoms. The Morgan fingerprint density at radius 3 is 2.60 bits per heavy atom. The summed E-state index contributed by atoms with van der Waals surface area (Å²) in [6.07, 6.45) is 3.95. The van der Waals surface area contributed by atoms with Crippen molar-refractivity contribution in [2.75, 3.05) is 0 Å². The molecule has 1 amide bonds. The molecular formula is C16H21N5O4. The van der Waals surface area contributed by atoms with E-state index in [0.717, 1.165) is 4.57 Å². The molecule has 0 spiro atoms. The summed E-state index contributed by atoms with van der Waals surface area (Å²) in [5.41, 5.74) is -0.939. The zero-order valence-electron chi connectivity index (χ0n) is 14.9. The summed E-state index contributed by atoms with van der Waals surface area (Å²) in [4.78, 5) is 39.7. The van der Waals surface area contributed by atoms with Gasteiger partial charge in [0.05, 0.1) is 12.1 Å². The van der Waals surface area contributed by atoms with Crippen LogP contribution >= 0.6 is 0 Å². The summed E-state index contributed by atoms with van der Waals surface area (Å²) in [6, 6.07) is 0. The molecule has 0 fully saturated rings. The molecule has 0 aliphatic heterocycles. The Morgan fingerprint density at radius 2 is 2.00 bits per heavy atom. The Balaban J connectivity index is 2.04. The zero-order chi connectivity index (χ0) is 18.8. The topological polar surface area (TPSA) is 112 Å². The highest BCUT2D eigenvalue weighted by molar-refractivity contribution is 5.91. The molecule has 2 aromatic heterocycles. The van der Waals surface area contributed by atoms with Crippen LogP contribution in [0.5, 0.6) is 0 Å². The Labute approximate surface area is 144 Å². The van der Waals surface area contributed by atoms with E-state index in [4.69, 9.17) is 4.52 Å². The van der Waals surface area contributed by atoms with Gasteiger partial charge in [-0.05, 0) is 6.08 Å². The second-order valence-electron chi connectivity index (χ2n) is 6.66. The molecule has 0 saturated carbocycles. The van der Waals surface area contributed by atoms with Gasteiger partial charge in [0.25, 0.3) is 5.56 Å². The predicted octanol–water partition coefficient (Wildman–Crippen LogP) is 0.0941. The zero-order valence-corrected chi connectivity index (χ0v) is 14.9. The molecule has 9 heteroatoms. The smallest absolute Gasteiger partial charge is 0.330 e. The molecule has 0 aromatic carbocycles. The van der Waals surface area contributed by atoms with Crippen LogP contribution in [0.25, 0.3) is 6.08 Å². The van der Waals surface area contributed by atoms with Gasteiger partial charge >= 0.3 is 5.69 Å². The Kier molecular flexibility index (Phi) is 5.05. The normalized spacial score (nSPS) is 11.9. The largest absolute Gasteiger partial charge is 0.345 e. The highest BCUT2D eigenvalue weighted by Crippen LogP contribution is 2.19. The van der Waals surface area contributed by atoms with E-state index in [9.17, 15) is 14.4 Å². The molecule has 0 unspecified atom stereocenters. The van der Waals surface area contributed by atoms with E-state index in [-0.39, 0.29) is 17.5 Å². The first-order valence-electron chi connectivity index (χ1n) is 7.65. The lowest BCUT2D eigenvalue weighted by Gasteiger charge is -2.10. The van der Waals surface area contributed by atoms with Gasteiger partial charge in [0.15, 0.2) is 5.82 Å². The second-order valence-corrected chi connectivity index (χ2v) is 6.66. The lowest BCUT2D eigenvalue weighted by atomic mass is 9.97. The third-order valence-electron chi connectivity index (χ3n) is 3.42. The SMILES string of the molecule is Cn1cc(/C=C\C(=O)NCc2noc(C(C)(C)C)n2)c(=O)n(C)c1=O. The van der Waals surface area contributed by atoms with E-state index in [1.807, 2.05) is 20.8 Å². The number of nitrogens with zero attached hydrogens (tertiary/aromatic N) is 4. The van der Waals surface area contributed by atoms with Gasteiger partial charge in [-0.15, -0.1) is 0 Å². The maximum Gasteiger partial charge on any atom is 0.330 e. The van der Waals surface area contributed by atoms with Crippen molar-refractivity contribution in [3.63, 3.8) is 0 Å². The number of aryl methyl sites for hydroxylation is 1. The fourth-order valence-electron chi connectivity index (χ4n) is 1.97. The number of amides is 1. The van der Waals surface area contributed by atoms with Crippen LogP contribution in [0.2, 0.25) is 0 Å². The Morgan fingerprint density at radius 1 is 1.32 bits per heavy atom. The summed E-state index contributed by atoms with van der Waals surface area (Å²) < 4.78 is 7.38. The van der Waals surface area contributed by atoms with Gasteiger partial charge in [0.2, 0.25) is 11.8 Å². The summed E-state index contributed by atoms with van der Waals surface area (Å²) in [7, 11) is 2.91. The van der Waals surface area contributed by atoms with Crippen molar-refractivity contribution in [3.05, 3.63) is 50.4 Å². The minimum absolute atomic E-state index is 0.105. The molecular weight excluding hydrogens is 326 g/mol. The van der Waals surface area contributed by atoms with Crippen molar-refractivity contribution in [1.82, 2.24) is 24.6 Å². The van der Waals surface area contributed by atoms with Crippen LogP contribution in [0.3, 0.4) is 0 Å². The van der Waals surface area contributed by atoms with Crippen molar-refractivity contribution in [2.45, 2.75) is 32.7 Å². The van der Waals surface area contributed by atoms with Crippen molar-refractivity contribution >= 4 is 12.0 Å². The van der Waals surface area contributed by atoms with Crippen LogP contribution < -0.4 is 16.6 Å². The summed E-state index contributed by atoms with van der Waals surface area (Å²) in [5, 5.41) is 6.41. The van der Waals surface area contributed by atoms with E-state index in [2.05, 4.69) is 15.5 Å². The lowest BCUT2D eigenvalue weighted by molar-refractivity contribution is -0.116. The number of hydrogen-bond donors (Lipinski definition) is 1. The fourth-order valence-corrected chi connectivity index (χ4v) is 1.97. The van der Waals surface area contributed by atoms with Gasteiger partial charge in [0, 0.05) is 31.8 Å². The number of carbonyl (C=O) groups excluding carboxylic acids is 1.